The van der Waals surface area contributed by atoms with E-state index >= 15 is 0 Å². The van der Waals surface area contributed by atoms with E-state index in [9.17, 15) is 0 Å². The molecule has 1 aliphatic carbocycles. The number of aromatic nitrogens is 2. The molecule has 1 aliphatic rings. The van der Waals surface area contributed by atoms with Gasteiger partial charge < -0.3 is 4.57 Å². The van der Waals surface area contributed by atoms with Crippen LogP contribution in [0, 0.1) is 0 Å². The minimum absolute atomic E-state index is 0.371. The molecule has 0 spiro atoms. The fraction of sp³-hybridized carbons (Fsp3) is 0.222. The average molecular weight is 146 g/mol. The van der Waals surface area contributed by atoms with E-state index in [1.54, 1.807) is 0 Å². The highest BCUT2D eigenvalue weighted by Crippen LogP contribution is 2.31. The summed E-state index contributed by atoms with van der Waals surface area (Å²) in [6, 6.07) is 0. The van der Waals surface area contributed by atoms with Gasteiger partial charge in [0, 0.05) is 19.2 Å². The smallest absolute Gasteiger partial charge is 0.0947 e. The molecule has 1 atom stereocenters. The number of nitrogens with zero attached hydrogens (tertiary/aromatic N) is 2. The van der Waals surface area contributed by atoms with E-state index in [-0.39, 0.29) is 0 Å². The van der Waals surface area contributed by atoms with Gasteiger partial charge in [0.1, 0.15) is 0 Å². The van der Waals surface area contributed by atoms with Crippen LogP contribution in [0.3, 0.4) is 0 Å². The molecule has 1 aromatic rings. The quantitative estimate of drug-likeness (QED) is 0.588. The van der Waals surface area contributed by atoms with Gasteiger partial charge >= 0.3 is 0 Å². The lowest BCUT2D eigenvalue weighted by molar-refractivity contribution is 0.903. The highest BCUT2D eigenvalue weighted by atomic mass is 15.0. The number of hydrogen-bond donors (Lipinski definition) is 0. The molecule has 1 unspecified atom stereocenters. The number of imidazole rings is 1. The van der Waals surface area contributed by atoms with E-state index in [4.69, 9.17) is 0 Å². The predicted molar refractivity (Wildman–Crippen MR) is 44.2 cm³/mol. The zero-order chi connectivity index (χ0) is 7.84. The summed E-state index contributed by atoms with van der Waals surface area (Å²) in [5.74, 6) is 0.371. The van der Waals surface area contributed by atoms with Crippen molar-refractivity contribution in [2.45, 2.75) is 5.92 Å². The van der Waals surface area contributed by atoms with Gasteiger partial charge in [0.05, 0.1) is 12.0 Å². The van der Waals surface area contributed by atoms with Crippen molar-refractivity contribution >= 4 is 0 Å². The second-order valence-electron chi connectivity index (χ2n) is 2.88. The molecule has 1 aromatic heterocycles. The van der Waals surface area contributed by atoms with Crippen molar-refractivity contribution in [3.8, 4) is 0 Å². The van der Waals surface area contributed by atoms with Crippen LogP contribution in [-0.4, -0.2) is 9.55 Å². The third kappa shape index (κ3) is 0.909. The van der Waals surface area contributed by atoms with Gasteiger partial charge in [-0.25, -0.2) is 4.98 Å². The molecule has 0 radical (unpaired) electrons. The Kier molecular flexibility index (Phi) is 1.22. The van der Waals surface area contributed by atoms with Crippen molar-refractivity contribution in [2.24, 2.45) is 7.05 Å². The molecule has 0 saturated carbocycles. The Morgan fingerprint density at radius 3 is 2.82 bits per heavy atom. The van der Waals surface area contributed by atoms with Crippen LogP contribution in [0.4, 0.5) is 0 Å². The summed E-state index contributed by atoms with van der Waals surface area (Å²) in [7, 11) is 1.97. The molecule has 0 amide bonds. The largest absolute Gasteiger partial charge is 0.340 e. The highest BCUT2D eigenvalue weighted by Gasteiger charge is 2.18. The number of allylic oxidation sites excluding steroid dienone is 3. The lowest BCUT2D eigenvalue weighted by Crippen LogP contribution is -2.04. The van der Waals surface area contributed by atoms with Gasteiger partial charge in [0.2, 0.25) is 0 Å². The Bertz CT molecular complexity index is 320. The van der Waals surface area contributed by atoms with Crippen LogP contribution in [0.5, 0.6) is 0 Å². The van der Waals surface area contributed by atoms with Crippen molar-refractivity contribution in [2.75, 3.05) is 0 Å². The molecule has 0 aromatic carbocycles. The first kappa shape index (κ1) is 6.40. The van der Waals surface area contributed by atoms with Gasteiger partial charge in [-0.2, -0.15) is 0 Å². The van der Waals surface area contributed by atoms with E-state index < -0.39 is 0 Å². The third-order valence-corrected chi connectivity index (χ3v) is 1.95. The Morgan fingerprint density at radius 2 is 2.45 bits per heavy atom. The van der Waals surface area contributed by atoms with Crippen LogP contribution in [0.2, 0.25) is 0 Å². The first-order chi connectivity index (χ1) is 5.27. The zero-order valence-electron chi connectivity index (χ0n) is 6.49. The van der Waals surface area contributed by atoms with E-state index in [1.165, 1.54) is 0 Å². The van der Waals surface area contributed by atoms with Gasteiger partial charge in [-0.3, -0.25) is 0 Å². The van der Waals surface area contributed by atoms with Crippen molar-refractivity contribution in [3.63, 3.8) is 0 Å². The number of hydrogen-bond acceptors (Lipinski definition) is 1. The predicted octanol–water partition coefficient (Wildman–Crippen LogP) is 1.63. The van der Waals surface area contributed by atoms with E-state index in [1.807, 2.05) is 30.2 Å². The summed E-state index contributed by atoms with van der Waals surface area (Å²) in [6.45, 7) is 3.89. The Hall–Kier alpha value is -1.31. The van der Waals surface area contributed by atoms with Crippen LogP contribution >= 0.6 is 0 Å². The van der Waals surface area contributed by atoms with Gasteiger partial charge in [-0.15, -0.1) is 0 Å². The summed E-state index contributed by atoms with van der Waals surface area (Å²) < 4.78 is 1.95. The van der Waals surface area contributed by atoms with E-state index in [2.05, 4.69) is 17.6 Å². The maximum absolute atomic E-state index is 4.24. The average Bonchev–Trinajstić information content (AvgIpc) is 2.33. The normalized spacial score (nSPS) is 21.9. The lowest BCUT2D eigenvalue weighted by Gasteiger charge is -2.17. The standard InChI is InChI=1S/C9H10N2/c1-7-3-4-8(7)9-5-11(2)6-10-9/h3-6,8H,1H2,2H3. The van der Waals surface area contributed by atoms with E-state index in [0.29, 0.717) is 5.92 Å². The summed E-state index contributed by atoms with van der Waals surface area (Å²) in [4.78, 5) is 4.24. The van der Waals surface area contributed by atoms with Gasteiger partial charge in [-0.1, -0.05) is 18.7 Å². The molecule has 1 heterocycles. The zero-order valence-corrected chi connectivity index (χ0v) is 6.49. The fourth-order valence-corrected chi connectivity index (χ4v) is 1.21. The summed E-state index contributed by atoms with van der Waals surface area (Å²) >= 11 is 0. The first-order valence-electron chi connectivity index (χ1n) is 3.62. The second-order valence-corrected chi connectivity index (χ2v) is 2.88. The molecule has 2 rings (SSSR count). The molecular formula is C9H10N2. The van der Waals surface area contributed by atoms with Crippen LogP contribution < -0.4 is 0 Å². The van der Waals surface area contributed by atoms with Crippen LogP contribution in [-0.2, 0) is 7.05 Å². The van der Waals surface area contributed by atoms with Crippen LogP contribution in [0.25, 0.3) is 0 Å². The highest BCUT2D eigenvalue weighted by molar-refractivity contribution is 5.42. The molecule has 0 bridgehead atoms. The van der Waals surface area contributed by atoms with E-state index in [0.717, 1.165) is 11.3 Å². The minimum Gasteiger partial charge on any atom is -0.340 e. The van der Waals surface area contributed by atoms with Gasteiger partial charge in [0.15, 0.2) is 0 Å². The van der Waals surface area contributed by atoms with Crippen LogP contribution in [0.15, 0.2) is 36.8 Å². The molecule has 0 aliphatic heterocycles. The number of aryl methyl sites for hydroxylation is 1. The molecule has 0 N–H and O–H groups in total. The van der Waals surface area contributed by atoms with Gasteiger partial charge in [-0.05, 0) is 5.57 Å². The van der Waals surface area contributed by atoms with Crippen molar-refractivity contribution in [3.05, 3.63) is 42.5 Å². The first-order valence-corrected chi connectivity index (χ1v) is 3.62. The monoisotopic (exact) mass is 146 g/mol. The Balaban J connectivity index is 2.31. The molecule has 0 fully saturated rings. The lowest BCUT2D eigenvalue weighted by atomic mass is 9.87. The van der Waals surface area contributed by atoms with Crippen molar-refractivity contribution in [1.29, 1.82) is 0 Å². The molecule has 2 nitrogen and oxygen atoms in total. The molecule has 56 valence electrons. The Morgan fingerprint density at radius 1 is 1.64 bits per heavy atom. The summed E-state index contributed by atoms with van der Waals surface area (Å²) in [5, 5.41) is 0. The summed E-state index contributed by atoms with van der Waals surface area (Å²) in [6.07, 6.45) is 7.98. The molecule has 2 heteroatoms. The third-order valence-electron chi connectivity index (χ3n) is 1.95. The van der Waals surface area contributed by atoms with Gasteiger partial charge in [0.25, 0.3) is 0 Å². The fourth-order valence-electron chi connectivity index (χ4n) is 1.21. The number of rotatable bonds is 1. The summed E-state index contributed by atoms with van der Waals surface area (Å²) in [5.41, 5.74) is 2.25. The maximum atomic E-state index is 4.24. The maximum Gasteiger partial charge on any atom is 0.0947 e. The van der Waals surface area contributed by atoms with Crippen LogP contribution in [0.1, 0.15) is 11.6 Å². The SMILES string of the molecule is C=C1C=CC1c1cn(C)cn1. The second kappa shape index (κ2) is 2.09. The molecular weight excluding hydrogens is 136 g/mol. The van der Waals surface area contributed by atoms with Crippen molar-refractivity contribution < 1.29 is 0 Å². The van der Waals surface area contributed by atoms with Crippen molar-refractivity contribution in [1.82, 2.24) is 9.55 Å². The minimum atomic E-state index is 0.371. The molecule has 0 saturated heterocycles. The topological polar surface area (TPSA) is 17.8 Å². The Labute approximate surface area is 65.9 Å². The molecule has 11 heavy (non-hydrogen) atoms.